The van der Waals surface area contributed by atoms with Gasteiger partial charge in [-0.2, -0.15) is 0 Å². The molecule has 0 spiro atoms. The third-order valence-corrected chi connectivity index (χ3v) is 5.50. The molecule has 0 fully saturated rings. The Morgan fingerprint density at radius 2 is 1.96 bits per heavy atom. The van der Waals surface area contributed by atoms with Crippen LogP contribution in [0.25, 0.3) is 10.8 Å². The van der Waals surface area contributed by atoms with Gasteiger partial charge in [0.2, 0.25) is 0 Å². The number of nitrogens with zero attached hydrogens (tertiary/aromatic N) is 1. The summed E-state index contributed by atoms with van der Waals surface area (Å²) in [7, 11) is 2.03. The quantitative estimate of drug-likeness (QED) is 0.727. The van der Waals surface area contributed by atoms with Crippen LogP contribution in [0, 0.1) is 5.92 Å². The summed E-state index contributed by atoms with van der Waals surface area (Å²) < 4.78 is 0. The van der Waals surface area contributed by atoms with Crippen molar-refractivity contribution in [3.63, 3.8) is 0 Å². The van der Waals surface area contributed by atoms with Gasteiger partial charge >= 0.3 is 0 Å². The van der Waals surface area contributed by atoms with Gasteiger partial charge in [-0.05, 0) is 42.3 Å². The predicted molar refractivity (Wildman–Crippen MR) is 107 cm³/mol. The van der Waals surface area contributed by atoms with Gasteiger partial charge in [0.25, 0.3) is 0 Å². The first kappa shape index (κ1) is 17.7. The van der Waals surface area contributed by atoms with Crippen molar-refractivity contribution >= 4 is 16.7 Å². The summed E-state index contributed by atoms with van der Waals surface area (Å²) in [5.41, 5.74) is 1.47. The molecule has 1 heterocycles. The van der Waals surface area contributed by atoms with Crippen LogP contribution in [0.5, 0.6) is 0 Å². The molecule has 0 saturated carbocycles. The van der Waals surface area contributed by atoms with Crippen LogP contribution in [0.2, 0.25) is 0 Å². The lowest BCUT2D eigenvalue weighted by Gasteiger charge is -2.40. The predicted octanol–water partition coefficient (Wildman–Crippen LogP) is 2.89. The fourth-order valence-corrected chi connectivity index (χ4v) is 3.89. The molecule has 1 aliphatic heterocycles. The highest BCUT2D eigenvalue weighted by molar-refractivity contribution is 5.87. The first-order chi connectivity index (χ1) is 12.2. The van der Waals surface area contributed by atoms with Gasteiger partial charge in [0.05, 0.1) is 6.54 Å². The largest absolute Gasteiger partial charge is 0.355 e. The van der Waals surface area contributed by atoms with Crippen molar-refractivity contribution in [2.45, 2.75) is 25.7 Å². The minimum Gasteiger partial charge on any atom is -0.355 e. The minimum absolute atomic E-state index is 0.0384. The lowest BCUT2D eigenvalue weighted by atomic mass is 9.68. The molecule has 2 aromatic carbocycles. The highest BCUT2D eigenvalue weighted by atomic mass is 15.2. The molecule has 0 bridgehead atoms. The minimum atomic E-state index is 0.0384. The zero-order valence-electron chi connectivity index (χ0n) is 15.6. The Morgan fingerprint density at radius 3 is 2.68 bits per heavy atom. The second-order valence-corrected chi connectivity index (χ2v) is 7.20. The molecule has 0 aromatic heterocycles. The molecule has 0 aliphatic carbocycles. The molecule has 1 atom stereocenters. The summed E-state index contributed by atoms with van der Waals surface area (Å²) in [4.78, 5) is 4.51. The van der Waals surface area contributed by atoms with Crippen molar-refractivity contribution in [3.8, 4) is 0 Å². The second-order valence-electron chi connectivity index (χ2n) is 7.20. The number of aliphatic imine (C=N–C) groups is 1. The van der Waals surface area contributed by atoms with Gasteiger partial charge in [-0.25, -0.2) is 0 Å². The van der Waals surface area contributed by atoms with Gasteiger partial charge in [-0.15, -0.1) is 0 Å². The van der Waals surface area contributed by atoms with Gasteiger partial charge in [0.15, 0.2) is 5.96 Å². The van der Waals surface area contributed by atoms with Crippen molar-refractivity contribution in [2.75, 3.05) is 33.2 Å². The molecular weight excluding hydrogens is 308 g/mol. The molecule has 2 aromatic rings. The van der Waals surface area contributed by atoms with Crippen molar-refractivity contribution in [1.29, 1.82) is 0 Å². The van der Waals surface area contributed by atoms with E-state index in [0.717, 1.165) is 38.6 Å². The molecular formula is C21H30N4. The number of guanidine groups is 1. The van der Waals surface area contributed by atoms with Crippen LogP contribution >= 0.6 is 0 Å². The number of hydrogen-bond donors (Lipinski definition) is 3. The summed E-state index contributed by atoms with van der Waals surface area (Å²) >= 11 is 0. The number of fused-ring (bicyclic) bond motifs is 1. The van der Waals surface area contributed by atoms with Crippen LogP contribution in [0.3, 0.4) is 0 Å². The van der Waals surface area contributed by atoms with E-state index < -0.39 is 0 Å². The highest BCUT2D eigenvalue weighted by Gasteiger charge is 2.36. The van der Waals surface area contributed by atoms with Crippen LogP contribution < -0.4 is 16.0 Å². The van der Waals surface area contributed by atoms with E-state index in [0.29, 0.717) is 5.92 Å². The Hall–Kier alpha value is -2.07. The van der Waals surface area contributed by atoms with Crippen molar-refractivity contribution < 1.29 is 0 Å². The van der Waals surface area contributed by atoms with Crippen LogP contribution in [0.4, 0.5) is 0 Å². The van der Waals surface area contributed by atoms with Crippen molar-refractivity contribution in [3.05, 3.63) is 48.0 Å². The fraction of sp³-hybridized carbons (Fsp3) is 0.476. The van der Waals surface area contributed by atoms with Crippen LogP contribution in [-0.2, 0) is 5.41 Å². The molecule has 1 aliphatic rings. The van der Waals surface area contributed by atoms with E-state index in [9.17, 15) is 0 Å². The lowest BCUT2D eigenvalue weighted by Crippen LogP contribution is -2.48. The molecule has 3 N–H and O–H groups in total. The van der Waals surface area contributed by atoms with E-state index in [4.69, 9.17) is 0 Å². The van der Waals surface area contributed by atoms with E-state index in [1.807, 2.05) is 7.05 Å². The summed E-state index contributed by atoms with van der Waals surface area (Å²) in [6.45, 7) is 8.34. The van der Waals surface area contributed by atoms with Crippen LogP contribution in [0.1, 0.15) is 25.8 Å². The molecule has 0 radical (unpaired) electrons. The fourth-order valence-electron chi connectivity index (χ4n) is 3.89. The summed E-state index contributed by atoms with van der Waals surface area (Å²) in [6.07, 6.45) is 1.08. The van der Waals surface area contributed by atoms with E-state index >= 15 is 0 Å². The van der Waals surface area contributed by atoms with Gasteiger partial charge in [0, 0.05) is 18.5 Å². The molecule has 4 heteroatoms. The first-order valence-electron chi connectivity index (χ1n) is 9.32. The van der Waals surface area contributed by atoms with Crippen molar-refractivity contribution in [2.24, 2.45) is 10.9 Å². The van der Waals surface area contributed by atoms with Crippen LogP contribution in [-0.4, -0.2) is 39.2 Å². The molecule has 3 rings (SSSR count). The third kappa shape index (κ3) is 3.64. The van der Waals surface area contributed by atoms with Gasteiger partial charge in [-0.3, -0.25) is 4.99 Å². The zero-order valence-corrected chi connectivity index (χ0v) is 15.6. The molecule has 4 nitrogen and oxygen atoms in total. The van der Waals surface area contributed by atoms with Crippen LogP contribution in [0.15, 0.2) is 47.5 Å². The zero-order chi connectivity index (χ0) is 17.7. The van der Waals surface area contributed by atoms with Gasteiger partial charge in [0.1, 0.15) is 0 Å². The number of nitrogens with one attached hydrogen (secondary N) is 3. The second kappa shape index (κ2) is 7.87. The van der Waals surface area contributed by atoms with E-state index in [1.165, 1.54) is 16.3 Å². The number of hydrogen-bond acceptors (Lipinski definition) is 4. The average Bonchev–Trinajstić information content (AvgIpc) is 3.15. The Kier molecular flexibility index (Phi) is 5.59. The first-order valence-corrected chi connectivity index (χ1v) is 9.32. The maximum absolute atomic E-state index is 4.51. The Bertz CT molecular complexity index is 732. The molecule has 0 amide bonds. The Morgan fingerprint density at radius 1 is 1.16 bits per heavy atom. The standard InChI is InChI=1S/C21H30N4/c1-16(2)21(11-12-22-3,15-25-20-23-13-14-24-20)19-10-6-8-17-7-4-5-9-18(17)19/h4-10,16,22H,11-15H2,1-3H3,(H2,23,24,25). The lowest BCUT2D eigenvalue weighted by molar-refractivity contribution is 0.283. The van der Waals surface area contributed by atoms with Crippen molar-refractivity contribution in [1.82, 2.24) is 16.0 Å². The number of benzene rings is 2. The Balaban J connectivity index is 2.04. The number of rotatable bonds is 7. The Labute approximate surface area is 151 Å². The normalized spacial score (nSPS) is 16.6. The SMILES string of the molecule is CNCCC(CNC1=NCCN1)(c1cccc2ccccc12)C(C)C. The maximum Gasteiger partial charge on any atom is 0.191 e. The van der Waals surface area contributed by atoms with Gasteiger partial charge < -0.3 is 16.0 Å². The summed E-state index contributed by atoms with van der Waals surface area (Å²) in [6, 6.07) is 15.4. The summed E-state index contributed by atoms with van der Waals surface area (Å²) in [5.74, 6) is 1.44. The van der Waals surface area contributed by atoms with E-state index in [1.54, 1.807) is 0 Å². The van der Waals surface area contributed by atoms with Gasteiger partial charge in [-0.1, -0.05) is 56.3 Å². The smallest absolute Gasteiger partial charge is 0.191 e. The molecule has 25 heavy (non-hydrogen) atoms. The average molecular weight is 338 g/mol. The van der Waals surface area contributed by atoms with E-state index in [2.05, 4.69) is 77.3 Å². The monoisotopic (exact) mass is 338 g/mol. The highest BCUT2D eigenvalue weighted by Crippen LogP contribution is 2.39. The summed E-state index contributed by atoms with van der Waals surface area (Å²) in [5, 5.41) is 12.9. The third-order valence-electron chi connectivity index (χ3n) is 5.50. The maximum atomic E-state index is 4.51. The molecule has 0 saturated heterocycles. The molecule has 134 valence electrons. The molecule has 1 unspecified atom stereocenters. The van der Waals surface area contributed by atoms with E-state index in [-0.39, 0.29) is 5.41 Å². The topological polar surface area (TPSA) is 48.5 Å².